The Morgan fingerprint density at radius 1 is 1.12 bits per heavy atom. The Hall–Kier alpha value is -1.51. The Morgan fingerprint density at radius 2 is 1.62 bits per heavy atom. The quantitative estimate of drug-likeness (QED) is 0.665. The fourth-order valence-electron chi connectivity index (χ4n) is 1.25. The lowest BCUT2D eigenvalue weighted by molar-refractivity contribution is -0.0922. The van der Waals surface area contributed by atoms with Crippen LogP contribution in [0, 0.1) is 6.92 Å². The first-order valence-corrected chi connectivity index (χ1v) is 4.80. The number of hydrogen-bond donors (Lipinski definition) is 0. The van der Waals surface area contributed by atoms with Crippen molar-refractivity contribution in [3.63, 3.8) is 0 Å². The van der Waals surface area contributed by atoms with Gasteiger partial charge in [0.1, 0.15) is 0 Å². The second kappa shape index (κ2) is 4.56. The van der Waals surface area contributed by atoms with Gasteiger partial charge in [0.15, 0.2) is 0 Å². The molecule has 0 fully saturated rings. The molecule has 0 saturated carbocycles. The first-order valence-electron chi connectivity index (χ1n) is 4.80. The molecule has 1 aromatic carbocycles. The monoisotopic (exact) mass is 226 g/mol. The van der Waals surface area contributed by atoms with Crippen LogP contribution in [0.15, 0.2) is 43.0 Å². The molecule has 0 nitrogen and oxygen atoms in total. The Labute approximate surface area is 93.1 Å². The Bertz CT molecular complexity index is 396. The van der Waals surface area contributed by atoms with Crippen molar-refractivity contribution in [1.29, 1.82) is 0 Å². The predicted octanol–water partition coefficient (Wildman–Crippen LogP) is 4.52. The fraction of sp³-hybridized carbons (Fsp3) is 0.231. The van der Waals surface area contributed by atoms with E-state index < -0.39 is 11.7 Å². The van der Waals surface area contributed by atoms with Gasteiger partial charge in [-0.2, -0.15) is 13.2 Å². The van der Waals surface area contributed by atoms with E-state index in [1.54, 1.807) is 12.1 Å². The van der Waals surface area contributed by atoms with E-state index in [2.05, 4.69) is 13.2 Å². The number of halogens is 3. The standard InChI is InChI=1S/C13H13F3/c1-9-4-6-12(7-5-9)10(2)8-11(3)13(14,15)16/h4-7H,2-3,8H2,1H3. The van der Waals surface area contributed by atoms with Crippen molar-refractivity contribution in [2.75, 3.05) is 0 Å². The summed E-state index contributed by atoms with van der Waals surface area (Å²) in [7, 11) is 0. The van der Waals surface area contributed by atoms with Crippen molar-refractivity contribution in [3.05, 3.63) is 54.1 Å². The van der Waals surface area contributed by atoms with Crippen LogP contribution in [0.25, 0.3) is 5.57 Å². The minimum Gasteiger partial charge on any atom is -0.166 e. The van der Waals surface area contributed by atoms with E-state index in [-0.39, 0.29) is 6.42 Å². The highest BCUT2D eigenvalue weighted by molar-refractivity contribution is 5.65. The first kappa shape index (κ1) is 12.6. The summed E-state index contributed by atoms with van der Waals surface area (Å²) in [5.41, 5.74) is 1.45. The Kier molecular flexibility index (Phi) is 3.58. The van der Waals surface area contributed by atoms with E-state index in [9.17, 15) is 13.2 Å². The predicted molar refractivity (Wildman–Crippen MR) is 60.0 cm³/mol. The van der Waals surface area contributed by atoms with Crippen LogP contribution in [0.1, 0.15) is 17.5 Å². The zero-order chi connectivity index (χ0) is 12.3. The van der Waals surface area contributed by atoms with Crippen molar-refractivity contribution in [2.45, 2.75) is 19.5 Å². The van der Waals surface area contributed by atoms with E-state index in [0.717, 1.165) is 11.1 Å². The molecule has 3 heteroatoms. The van der Waals surface area contributed by atoms with Crippen molar-refractivity contribution < 1.29 is 13.2 Å². The van der Waals surface area contributed by atoms with Crippen LogP contribution >= 0.6 is 0 Å². The maximum Gasteiger partial charge on any atom is 0.412 e. The average molecular weight is 226 g/mol. The lowest BCUT2D eigenvalue weighted by Gasteiger charge is -2.12. The molecule has 0 radical (unpaired) electrons. The smallest absolute Gasteiger partial charge is 0.166 e. The summed E-state index contributed by atoms with van der Waals surface area (Å²) in [5, 5.41) is 0. The Balaban J connectivity index is 2.74. The van der Waals surface area contributed by atoms with Crippen molar-refractivity contribution in [3.8, 4) is 0 Å². The van der Waals surface area contributed by atoms with Gasteiger partial charge in [-0.1, -0.05) is 43.0 Å². The zero-order valence-corrected chi connectivity index (χ0v) is 9.06. The maximum absolute atomic E-state index is 12.2. The topological polar surface area (TPSA) is 0 Å². The minimum atomic E-state index is -4.34. The number of benzene rings is 1. The second-order valence-electron chi connectivity index (χ2n) is 3.75. The van der Waals surface area contributed by atoms with Gasteiger partial charge in [-0.3, -0.25) is 0 Å². The highest BCUT2D eigenvalue weighted by Crippen LogP contribution is 2.31. The molecule has 1 rings (SSSR count). The minimum absolute atomic E-state index is 0.243. The van der Waals surface area contributed by atoms with Gasteiger partial charge in [0.05, 0.1) is 0 Å². The van der Waals surface area contributed by atoms with Gasteiger partial charge in [-0.15, -0.1) is 0 Å². The SMILES string of the molecule is C=C(CC(=C)C(F)(F)F)c1ccc(C)cc1. The number of aryl methyl sites for hydroxylation is 1. The molecule has 0 heterocycles. The largest absolute Gasteiger partial charge is 0.412 e. The van der Waals surface area contributed by atoms with E-state index in [4.69, 9.17) is 0 Å². The van der Waals surface area contributed by atoms with Gasteiger partial charge in [0.25, 0.3) is 0 Å². The van der Waals surface area contributed by atoms with Crippen LogP contribution in [0.4, 0.5) is 13.2 Å². The summed E-state index contributed by atoms with van der Waals surface area (Å²) >= 11 is 0. The molecular weight excluding hydrogens is 213 g/mol. The summed E-state index contributed by atoms with van der Waals surface area (Å²) in [6.45, 7) is 8.59. The highest BCUT2D eigenvalue weighted by Gasteiger charge is 2.31. The molecule has 0 aromatic heterocycles. The van der Waals surface area contributed by atoms with E-state index in [0.29, 0.717) is 5.57 Å². The normalized spacial score (nSPS) is 11.2. The molecule has 16 heavy (non-hydrogen) atoms. The number of allylic oxidation sites excluding steroid dienone is 2. The fourth-order valence-corrected chi connectivity index (χ4v) is 1.25. The number of hydrogen-bond acceptors (Lipinski definition) is 0. The van der Waals surface area contributed by atoms with E-state index in [1.165, 1.54) is 0 Å². The molecule has 0 N–H and O–H groups in total. The van der Waals surface area contributed by atoms with Gasteiger partial charge in [0, 0.05) is 12.0 Å². The lowest BCUT2D eigenvalue weighted by Crippen LogP contribution is -2.10. The highest BCUT2D eigenvalue weighted by atomic mass is 19.4. The lowest BCUT2D eigenvalue weighted by atomic mass is 9.99. The molecule has 0 bridgehead atoms. The van der Waals surface area contributed by atoms with Crippen LogP contribution in [-0.2, 0) is 0 Å². The van der Waals surface area contributed by atoms with E-state index >= 15 is 0 Å². The molecule has 0 amide bonds. The van der Waals surface area contributed by atoms with Crippen LogP contribution < -0.4 is 0 Å². The molecule has 0 aliphatic heterocycles. The summed E-state index contributed by atoms with van der Waals surface area (Å²) < 4.78 is 36.7. The van der Waals surface area contributed by atoms with Crippen molar-refractivity contribution >= 4 is 5.57 Å². The molecular formula is C13H13F3. The molecule has 0 atom stereocenters. The van der Waals surface area contributed by atoms with Gasteiger partial charge < -0.3 is 0 Å². The second-order valence-corrected chi connectivity index (χ2v) is 3.75. The van der Waals surface area contributed by atoms with E-state index in [1.807, 2.05) is 19.1 Å². The number of alkyl halides is 3. The molecule has 86 valence electrons. The van der Waals surface area contributed by atoms with Crippen LogP contribution in [-0.4, -0.2) is 6.18 Å². The zero-order valence-electron chi connectivity index (χ0n) is 9.06. The third-order valence-corrected chi connectivity index (χ3v) is 2.29. The molecule has 0 spiro atoms. The van der Waals surface area contributed by atoms with Gasteiger partial charge in [0.2, 0.25) is 0 Å². The maximum atomic E-state index is 12.2. The third-order valence-electron chi connectivity index (χ3n) is 2.29. The first-order chi connectivity index (χ1) is 7.30. The molecule has 0 aliphatic carbocycles. The molecule has 1 aromatic rings. The van der Waals surface area contributed by atoms with Gasteiger partial charge in [-0.05, 0) is 18.1 Å². The van der Waals surface area contributed by atoms with Crippen LogP contribution in [0.5, 0.6) is 0 Å². The number of rotatable bonds is 3. The van der Waals surface area contributed by atoms with Crippen molar-refractivity contribution in [2.24, 2.45) is 0 Å². The molecule has 0 aliphatic rings. The third kappa shape index (κ3) is 3.26. The van der Waals surface area contributed by atoms with Gasteiger partial charge in [-0.25, -0.2) is 0 Å². The van der Waals surface area contributed by atoms with Crippen LogP contribution in [0.3, 0.4) is 0 Å². The Morgan fingerprint density at radius 3 is 2.06 bits per heavy atom. The summed E-state index contributed by atoms with van der Waals surface area (Å²) in [6, 6.07) is 7.22. The van der Waals surface area contributed by atoms with Crippen LogP contribution in [0.2, 0.25) is 0 Å². The van der Waals surface area contributed by atoms with Gasteiger partial charge >= 0.3 is 6.18 Å². The van der Waals surface area contributed by atoms with Crippen molar-refractivity contribution in [1.82, 2.24) is 0 Å². The summed E-state index contributed by atoms with van der Waals surface area (Å²) in [6.07, 6.45) is -4.58. The average Bonchev–Trinajstić information content (AvgIpc) is 2.17. The molecule has 0 unspecified atom stereocenters. The summed E-state index contributed by atoms with van der Waals surface area (Å²) in [4.78, 5) is 0. The summed E-state index contributed by atoms with van der Waals surface area (Å²) in [5.74, 6) is 0. The molecule has 0 saturated heterocycles.